The number of pyridine rings is 1. The Labute approximate surface area is 171 Å². The molecule has 1 aromatic heterocycles. The molecule has 0 saturated carbocycles. The summed E-state index contributed by atoms with van der Waals surface area (Å²) in [5.74, 6) is 1.43. The molecule has 150 valence electrons. The second-order valence-electron chi connectivity index (χ2n) is 7.05. The summed E-state index contributed by atoms with van der Waals surface area (Å²) in [7, 11) is 1.65. The quantitative estimate of drug-likeness (QED) is 0.622. The van der Waals surface area contributed by atoms with Crippen LogP contribution in [0.1, 0.15) is 34.1 Å². The molecule has 0 aliphatic carbocycles. The van der Waals surface area contributed by atoms with Gasteiger partial charge in [0, 0.05) is 17.3 Å². The van der Waals surface area contributed by atoms with Crippen molar-refractivity contribution in [3.05, 3.63) is 89.2 Å². The van der Waals surface area contributed by atoms with Crippen LogP contribution in [0.3, 0.4) is 0 Å². The molecule has 0 aliphatic heterocycles. The van der Waals surface area contributed by atoms with E-state index in [4.69, 9.17) is 9.47 Å². The number of aryl methyl sites for hydroxylation is 1. The number of hydrogen-bond acceptors (Lipinski definition) is 4. The van der Waals surface area contributed by atoms with Crippen LogP contribution in [0.5, 0.6) is 11.5 Å². The number of ether oxygens (including phenoxy) is 2. The Kier molecular flexibility index (Phi) is 6.85. The molecule has 1 unspecified atom stereocenters. The van der Waals surface area contributed by atoms with Crippen LogP contribution < -0.4 is 14.8 Å². The second kappa shape index (κ2) is 9.73. The summed E-state index contributed by atoms with van der Waals surface area (Å²) in [6.07, 6.45) is 2.43. The molecule has 3 aromatic rings. The van der Waals surface area contributed by atoms with E-state index in [9.17, 15) is 4.79 Å². The maximum Gasteiger partial charge on any atom is 0.251 e. The minimum Gasteiger partial charge on any atom is -0.497 e. The van der Waals surface area contributed by atoms with E-state index in [0.717, 1.165) is 29.0 Å². The molecule has 1 atom stereocenters. The van der Waals surface area contributed by atoms with Crippen LogP contribution in [0.2, 0.25) is 0 Å². The van der Waals surface area contributed by atoms with Crippen LogP contribution in [0, 0.1) is 6.92 Å². The van der Waals surface area contributed by atoms with E-state index < -0.39 is 0 Å². The first-order valence-electron chi connectivity index (χ1n) is 9.61. The third-order valence-electron chi connectivity index (χ3n) is 4.53. The highest BCUT2D eigenvalue weighted by Gasteiger charge is 2.11. The van der Waals surface area contributed by atoms with Crippen molar-refractivity contribution in [2.24, 2.45) is 0 Å². The third-order valence-corrected chi connectivity index (χ3v) is 4.53. The molecule has 1 heterocycles. The Bertz CT molecular complexity index is 954. The summed E-state index contributed by atoms with van der Waals surface area (Å²) in [4.78, 5) is 16.9. The highest BCUT2D eigenvalue weighted by Crippen LogP contribution is 2.15. The molecular formula is C24H26N2O3. The van der Waals surface area contributed by atoms with Gasteiger partial charge in [-0.05, 0) is 67.8 Å². The van der Waals surface area contributed by atoms with E-state index >= 15 is 0 Å². The van der Waals surface area contributed by atoms with Gasteiger partial charge in [-0.2, -0.15) is 0 Å². The minimum atomic E-state index is -0.0979. The van der Waals surface area contributed by atoms with Crippen molar-refractivity contribution in [3.63, 3.8) is 0 Å². The lowest BCUT2D eigenvalue weighted by atomic mass is 10.1. The van der Waals surface area contributed by atoms with Gasteiger partial charge in [0.15, 0.2) is 0 Å². The maximum atomic E-state index is 12.6. The number of nitrogens with one attached hydrogen (secondary N) is 1. The normalized spacial score (nSPS) is 11.6. The van der Waals surface area contributed by atoms with Gasteiger partial charge in [0.2, 0.25) is 0 Å². The van der Waals surface area contributed by atoms with Crippen LogP contribution in [0.15, 0.2) is 66.9 Å². The van der Waals surface area contributed by atoms with E-state index in [0.29, 0.717) is 17.9 Å². The molecule has 0 aliphatic rings. The largest absolute Gasteiger partial charge is 0.497 e. The Morgan fingerprint density at radius 2 is 1.83 bits per heavy atom. The fourth-order valence-corrected chi connectivity index (χ4v) is 3.02. The average molecular weight is 390 g/mol. The fraction of sp³-hybridized carbons (Fsp3) is 0.250. The number of rotatable bonds is 8. The van der Waals surface area contributed by atoms with Gasteiger partial charge in [-0.15, -0.1) is 0 Å². The zero-order chi connectivity index (χ0) is 20.6. The summed E-state index contributed by atoms with van der Waals surface area (Å²) in [6, 6.07) is 19.1. The van der Waals surface area contributed by atoms with Gasteiger partial charge in [0.1, 0.15) is 18.1 Å². The number of carbonyl (C=O) groups is 1. The molecule has 1 N–H and O–H groups in total. The second-order valence-corrected chi connectivity index (χ2v) is 7.05. The third kappa shape index (κ3) is 6.07. The predicted octanol–water partition coefficient (Wildman–Crippen LogP) is 4.34. The zero-order valence-corrected chi connectivity index (χ0v) is 17.0. The number of amides is 1. The fourth-order valence-electron chi connectivity index (χ4n) is 3.02. The number of carbonyl (C=O) groups excluding carboxylic acids is 1. The van der Waals surface area contributed by atoms with Gasteiger partial charge in [-0.25, -0.2) is 0 Å². The van der Waals surface area contributed by atoms with Crippen LogP contribution in [-0.2, 0) is 13.0 Å². The maximum absolute atomic E-state index is 12.6. The summed E-state index contributed by atoms with van der Waals surface area (Å²) >= 11 is 0. The molecular weight excluding hydrogens is 364 g/mol. The number of aromatic nitrogens is 1. The van der Waals surface area contributed by atoms with Gasteiger partial charge in [-0.3, -0.25) is 9.78 Å². The topological polar surface area (TPSA) is 60.5 Å². The number of methoxy groups -OCH3 is 1. The molecule has 0 saturated heterocycles. The van der Waals surface area contributed by atoms with Crippen LogP contribution in [0.4, 0.5) is 0 Å². The van der Waals surface area contributed by atoms with Gasteiger partial charge in [0.25, 0.3) is 5.91 Å². The van der Waals surface area contributed by atoms with Crippen molar-refractivity contribution in [2.45, 2.75) is 32.9 Å². The van der Waals surface area contributed by atoms with E-state index in [-0.39, 0.29) is 11.9 Å². The lowest BCUT2D eigenvalue weighted by Gasteiger charge is -2.15. The number of benzene rings is 2. The van der Waals surface area contributed by atoms with Crippen molar-refractivity contribution in [1.29, 1.82) is 0 Å². The minimum absolute atomic E-state index is 0.00635. The summed E-state index contributed by atoms with van der Waals surface area (Å²) < 4.78 is 11.0. The SMILES string of the molecule is COc1cccc(CC(C)NC(=O)c2cccc(COc3ccc(C)nc3)c2)c1. The van der Waals surface area contributed by atoms with Crippen LogP contribution >= 0.6 is 0 Å². The van der Waals surface area contributed by atoms with Crippen molar-refractivity contribution < 1.29 is 14.3 Å². The van der Waals surface area contributed by atoms with Crippen molar-refractivity contribution in [1.82, 2.24) is 10.3 Å². The molecule has 0 bridgehead atoms. The molecule has 0 fully saturated rings. The van der Waals surface area contributed by atoms with Gasteiger partial charge >= 0.3 is 0 Å². The predicted molar refractivity (Wildman–Crippen MR) is 113 cm³/mol. The Morgan fingerprint density at radius 1 is 1.03 bits per heavy atom. The highest BCUT2D eigenvalue weighted by atomic mass is 16.5. The first-order chi connectivity index (χ1) is 14.0. The van der Waals surface area contributed by atoms with Crippen LogP contribution in [0.25, 0.3) is 0 Å². The smallest absolute Gasteiger partial charge is 0.251 e. The van der Waals surface area contributed by atoms with E-state index in [2.05, 4.69) is 10.3 Å². The van der Waals surface area contributed by atoms with Gasteiger partial charge in [0.05, 0.1) is 13.3 Å². The summed E-state index contributed by atoms with van der Waals surface area (Å²) in [5.41, 5.74) is 3.61. The molecule has 0 radical (unpaired) electrons. The average Bonchev–Trinajstić information content (AvgIpc) is 2.73. The molecule has 2 aromatic carbocycles. The highest BCUT2D eigenvalue weighted by molar-refractivity contribution is 5.94. The van der Waals surface area contributed by atoms with E-state index in [1.807, 2.05) is 74.5 Å². The number of hydrogen-bond donors (Lipinski definition) is 1. The van der Waals surface area contributed by atoms with E-state index in [1.54, 1.807) is 13.3 Å². The first-order valence-corrected chi connectivity index (χ1v) is 9.61. The molecule has 1 amide bonds. The summed E-state index contributed by atoms with van der Waals surface area (Å²) in [6.45, 7) is 4.31. The van der Waals surface area contributed by atoms with Crippen molar-refractivity contribution in [2.75, 3.05) is 7.11 Å². The lowest BCUT2D eigenvalue weighted by Crippen LogP contribution is -2.34. The number of nitrogens with zero attached hydrogens (tertiary/aromatic N) is 1. The van der Waals surface area contributed by atoms with Crippen molar-refractivity contribution >= 4 is 5.91 Å². The standard InChI is InChI=1S/C24H26N2O3/c1-17-10-11-23(15-25-17)29-16-20-7-4-8-21(13-20)24(27)26-18(2)12-19-6-5-9-22(14-19)28-3/h4-11,13-15,18H,12,16H2,1-3H3,(H,26,27). The first kappa shape index (κ1) is 20.4. The molecule has 3 rings (SSSR count). The summed E-state index contributed by atoms with van der Waals surface area (Å²) in [5, 5.41) is 3.06. The van der Waals surface area contributed by atoms with Crippen molar-refractivity contribution in [3.8, 4) is 11.5 Å². The van der Waals surface area contributed by atoms with Gasteiger partial charge < -0.3 is 14.8 Å². The Morgan fingerprint density at radius 3 is 2.59 bits per heavy atom. The van der Waals surface area contributed by atoms with Gasteiger partial charge in [-0.1, -0.05) is 24.3 Å². The monoisotopic (exact) mass is 390 g/mol. The van der Waals surface area contributed by atoms with E-state index in [1.165, 1.54) is 0 Å². The zero-order valence-electron chi connectivity index (χ0n) is 17.0. The molecule has 5 heteroatoms. The molecule has 0 spiro atoms. The molecule has 29 heavy (non-hydrogen) atoms. The lowest BCUT2D eigenvalue weighted by molar-refractivity contribution is 0.0940. The van der Waals surface area contributed by atoms with Crippen LogP contribution in [-0.4, -0.2) is 24.0 Å². The Balaban J connectivity index is 1.57. The molecule has 5 nitrogen and oxygen atoms in total. The Hall–Kier alpha value is -3.34.